The average Bonchev–Trinajstić information content (AvgIpc) is 2.57. The second-order valence-corrected chi connectivity index (χ2v) is 3.75. The van der Waals surface area contributed by atoms with Crippen molar-refractivity contribution >= 4 is 5.69 Å². The Hall–Kier alpha value is -1.28. The van der Waals surface area contributed by atoms with Gasteiger partial charge in [0.2, 0.25) is 0 Å². The molecule has 2 heteroatoms. The summed E-state index contributed by atoms with van der Waals surface area (Å²) in [4.78, 5) is 0. The second kappa shape index (κ2) is 3.84. The van der Waals surface area contributed by atoms with Crippen LogP contribution in [0.25, 0.3) is 0 Å². The number of hydrogen-bond acceptors (Lipinski definition) is 2. The third kappa shape index (κ3) is 1.66. The number of benzene rings is 1. The van der Waals surface area contributed by atoms with Crippen LogP contribution in [0.15, 0.2) is 30.9 Å². The summed E-state index contributed by atoms with van der Waals surface area (Å²) >= 11 is 0. The summed E-state index contributed by atoms with van der Waals surface area (Å²) in [6, 6.07) is 6.69. The quantitative estimate of drug-likeness (QED) is 0.562. The molecule has 0 aromatic heterocycles. The van der Waals surface area contributed by atoms with Gasteiger partial charge in [-0.05, 0) is 36.1 Å². The van der Waals surface area contributed by atoms with Gasteiger partial charge >= 0.3 is 0 Å². The van der Waals surface area contributed by atoms with Gasteiger partial charge in [0.15, 0.2) is 0 Å². The molecule has 0 heterocycles. The highest BCUT2D eigenvalue weighted by Gasteiger charge is 2.20. The minimum Gasteiger partial charge on any atom is -0.399 e. The lowest BCUT2D eigenvalue weighted by atomic mass is 10.1. The van der Waals surface area contributed by atoms with Crippen molar-refractivity contribution in [3.63, 3.8) is 0 Å². The number of anilines is 1. The zero-order valence-corrected chi connectivity index (χ0v) is 8.29. The summed E-state index contributed by atoms with van der Waals surface area (Å²) < 4.78 is 0. The molecule has 1 unspecified atom stereocenters. The van der Waals surface area contributed by atoms with Crippen LogP contribution in [0.5, 0.6) is 0 Å². The molecule has 74 valence electrons. The summed E-state index contributed by atoms with van der Waals surface area (Å²) in [7, 11) is 0. The van der Waals surface area contributed by atoms with Crippen molar-refractivity contribution in [3.05, 3.63) is 42.0 Å². The molecule has 1 aliphatic carbocycles. The van der Waals surface area contributed by atoms with Crippen LogP contribution >= 0.6 is 0 Å². The van der Waals surface area contributed by atoms with Crippen LogP contribution in [0.2, 0.25) is 0 Å². The van der Waals surface area contributed by atoms with Gasteiger partial charge in [-0.25, -0.2) is 0 Å². The number of nitrogen functional groups attached to an aromatic ring is 1. The summed E-state index contributed by atoms with van der Waals surface area (Å²) in [5.74, 6) is 0. The number of rotatable bonds is 3. The molecular weight excluding hydrogens is 172 g/mol. The molecular formula is C12H16N2. The van der Waals surface area contributed by atoms with Gasteiger partial charge in [0.25, 0.3) is 0 Å². The molecule has 0 saturated carbocycles. The minimum atomic E-state index is 0.489. The van der Waals surface area contributed by atoms with Crippen molar-refractivity contribution in [1.82, 2.24) is 5.32 Å². The Kier molecular flexibility index (Phi) is 2.55. The Morgan fingerprint density at radius 3 is 3.21 bits per heavy atom. The fourth-order valence-electron chi connectivity index (χ4n) is 2.08. The van der Waals surface area contributed by atoms with E-state index in [4.69, 9.17) is 5.73 Å². The predicted molar refractivity (Wildman–Crippen MR) is 60.1 cm³/mol. The van der Waals surface area contributed by atoms with E-state index in [0.717, 1.165) is 18.7 Å². The van der Waals surface area contributed by atoms with E-state index in [1.165, 1.54) is 17.5 Å². The summed E-state index contributed by atoms with van der Waals surface area (Å²) in [6.45, 7) is 4.58. The molecule has 0 aliphatic heterocycles. The number of nitrogens with two attached hydrogens (primary N) is 1. The smallest absolute Gasteiger partial charge is 0.0328 e. The maximum Gasteiger partial charge on any atom is 0.0328 e. The maximum absolute atomic E-state index is 5.74. The van der Waals surface area contributed by atoms with Gasteiger partial charge in [0, 0.05) is 18.3 Å². The zero-order valence-electron chi connectivity index (χ0n) is 8.29. The lowest BCUT2D eigenvalue weighted by Crippen LogP contribution is -2.18. The van der Waals surface area contributed by atoms with Crippen molar-refractivity contribution in [1.29, 1.82) is 0 Å². The SMILES string of the molecule is C=CCNC1CCc2cc(N)ccc21. The standard InChI is InChI=1S/C12H16N2/c1-2-7-14-12-6-3-9-8-10(13)4-5-11(9)12/h2,4-5,8,12,14H,1,3,6-7,13H2. The Balaban J connectivity index is 2.18. The van der Waals surface area contributed by atoms with Gasteiger partial charge in [0.05, 0.1) is 0 Å². The minimum absolute atomic E-state index is 0.489. The lowest BCUT2D eigenvalue weighted by molar-refractivity contribution is 0.564. The van der Waals surface area contributed by atoms with Crippen LogP contribution in [0, 0.1) is 0 Å². The first-order valence-corrected chi connectivity index (χ1v) is 5.04. The number of hydrogen-bond donors (Lipinski definition) is 2. The van der Waals surface area contributed by atoms with Crippen LogP contribution in [-0.4, -0.2) is 6.54 Å². The van der Waals surface area contributed by atoms with E-state index < -0.39 is 0 Å². The molecule has 2 rings (SSSR count). The molecule has 0 saturated heterocycles. The Morgan fingerprint density at radius 1 is 1.57 bits per heavy atom. The Morgan fingerprint density at radius 2 is 2.43 bits per heavy atom. The van der Waals surface area contributed by atoms with E-state index in [9.17, 15) is 0 Å². The first-order chi connectivity index (χ1) is 6.81. The molecule has 0 bridgehead atoms. The van der Waals surface area contributed by atoms with Crippen LogP contribution in [0.3, 0.4) is 0 Å². The van der Waals surface area contributed by atoms with Crippen LogP contribution < -0.4 is 11.1 Å². The predicted octanol–water partition coefficient (Wildman–Crippen LogP) is 2.03. The van der Waals surface area contributed by atoms with E-state index in [1.807, 2.05) is 12.1 Å². The topological polar surface area (TPSA) is 38.0 Å². The van der Waals surface area contributed by atoms with Gasteiger partial charge in [0.1, 0.15) is 0 Å². The van der Waals surface area contributed by atoms with E-state index >= 15 is 0 Å². The van der Waals surface area contributed by atoms with Gasteiger partial charge in [-0.1, -0.05) is 12.1 Å². The molecule has 2 nitrogen and oxygen atoms in total. The third-order valence-electron chi connectivity index (χ3n) is 2.75. The van der Waals surface area contributed by atoms with Gasteiger partial charge in [-0.3, -0.25) is 0 Å². The summed E-state index contributed by atoms with van der Waals surface area (Å²) in [5.41, 5.74) is 9.41. The first-order valence-electron chi connectivity index (χ1n) is 5.04. The summed E-state index contributed by atoms with van der Waals surface area (Å²) in [5, 5.41) is 3.45. The fraction of sp³-hybridized carbons (Fsp3) is 0.333. The molecule has 1 aromatic rings. The Bertz CT molecular complexity index is 344. The van der Waals surface area contributed by atoms with Crippen molar-refractivity contribution in [2.75, 3.05) is 12.3 Å². The summed E-state index contributed by atoms with van der Waals surface area (Å²) in [6.07, 6.45) is 4.21. The van der Waals surface area contributed by atoms with Crippen LogP contribution in [-0.2, 0) is 6.42 Å². The van der Waals surface area contributed by atoms with Crippen LogP contribution in [0.4, 0.5) is 5.69 Å². The molecule has 0 amide bonds. The number of aryl methyl sites for hydroxylation is 1. The van der Waals surface area contributed by atoms with Gasteiger partial charge in [-0.2, -0.15) is 0 Å². The monoisotopic (exact) mass is 188 g/mol. The lowest BCUT2D eigenvalue weighted by Gasteiger charge is -2.12. The van der Waals surface area contributed by atoms with Gasteiger partial charge in [-0.15, -0.1) is 6.58 Å². The van der Waals surface area contributed by atoms with E-state index in [1.54, 1.807) is 0 Å². The third-order valence-corrected chi connectivity index (χ3v) is 2.75. The number of nitrogens with one attached hydrogen (secondary N) is 1. The highest BCUT2D eigenvalue weighted by molar-refractivity contribution is 5.47. The van der Waals surface area contributed by atoms with Gasteiger partial charge < -0.3 is 11.1 Å². The average molecular weight is 188 g/mol. The fourth-order valence-corrected chi connectivity index (χ4v) is 2.08. The first kappa shape index (κ1) is 9.28. The zero-order chi connectivity index (χ0) is 9.97. The van der Waals surface area contributed by atoms with E-state index in [-0.39, 0.29) is 0 Å². The molecule has 1 aromatic carbocycles. The highest BCUT2D eigenvalue weighted by Crippen LogP contribution is 2.31. The molecule has 0 fully saturated rings. The largest absolute Gasteiger partial charge is 0.399 e. The molecule has 1 aliphatic rings. The number of fused-ring (bicyclic) bond motifs is 1. The maximum atomic E-state index is 5.74. The molecule has 1 atom stereocenters. The normalized spacial score (nSPS) is 19.3. The highest BCUT2D eigenvalue weighted by atomic mass is 14.9. The second-order valence-electron chi connectivity index (χ2n) is 3.75. The van der Waals surface area contributed by atoms with Crippen molar-refractivity contribution in [2.45, 2.75) is 18.9 Å². The molecule has 0 spiro atoms. The van der Waals surface area contributed by atoms with Crippen molar-refractivity contribution < 1.29 is 0 Å². The molecule has 0 radical (unpaired) electrons. The van der Waals surface area contributed by atoms with E-state index in [0.29, 0.717) is 6.04 Å². The van der Waals surface area contributed by atoms with E-state index in [2.05, 4.69) is 24.0 Å². The van der Waals surface area contributed by atoms with Crippen molar-refractivity contribution in [3.8, 4) is 0 Å². The molecule has 3 N–H and O–H groups in total. The van der Waals surface area contributed by atoms with Crippen LogP contribution in [0.1, 0.15) is 23.6 Å². The van der Waals surface area contributed by atoms with Crippen molar-refractivity contribution in [2.24, 2.45) is 0 Å². The Labute approximate surface area is 84.8 Å². The molecule has 14 heavy (non-hydrogen) atoms.